The Morgan fingerprint density at radius 2 is 2.17 bits per heavy atom. The van der Waals surface area contributed by atoms with E-state index in [0.29, 0.717) is 12.5 Å². The summed E-state index contributed by atoms with van der Waals surface area (Å²) in [6, 6.07) is 8.05. The zero-order valence-corrected chi connectivity index (χ0v) is 13.8. The molecule has 1 aromatic carbocycles. The quantitative estimate of drug-likeness (QED) is 0.909. The van der Waals surface area contributed by atoms with Gasteiger partial charge in [-0.05, 0) is 56.5 Å². The molecule has 0 atom stereocenters. The Balaban J connectivity index is 1.66. The number of rotatable bonds is 4. The molecule has 0 aliphatic carbocycles. The highest BCUT2D eigenvalue weighted by atomic mass is 16.1. The summed E-state index contributed by atoms with van der Waals surface area (Å²) in [7, 11) is 1.89. The fourth-order valence-electron chi connectivity index (χ4n) is 3.19. The summed E-state index contributed by atoms with van der Waals surface area (Å²) in [5.41, 5.74) is 4.02. The fourth-order valence-corrected chi connectivity index (χ4v) is 3.19. The first-order valence-corrected chi connectivity index (χ1v) is 8.21. The Morgan fingerprint density at radius 3 is 2.87 bits per heavy atom. The number of amides is 1. The van der Waals surface area contributed by atoms with Gasteiger partial charge in [-0.15, -0.1) is 0 Å². The monoisotopic (exact) mass is 312 g/mol. The lowest BCUT2D eigenvalue weighted by molar-refractivity contribution is 0.0950. The Hall–Kier alpha value is -2.14. The average molecular weight is 312 g/mol. The second-order valence-corrected chi connectivity index (χ2v) is 6.25. The smallest absolute Gasteiger partial charge is 0.251 e. The lowest BCUT2D eigenvalue weighted by Crippen LogP contribution is -2.27. The third kappa shape index (κ3) is 3.79. The molecule has 5 heteroatoms. The van der Waals surface area contributed by atoms with Gasteiger partial charge in [-0.2, -0.15) is 5.10 Å². The molecule has 2 heterocycles. The van der Waals surface area contributed by atoms with Gasteiger partial charge in [-0.3, -0.25) is 9.48 Å². The second kappa shape index (κ2) is 6.96. The maximum atomic E-state index is 12.4. The predicted octanol–water partition coefficient (Wildman–Crippen LogP) is 2.13. The maximum absolute atomic E-state index is 12.4. The van der Waals surface area contributed by atoms with Crippen molar-refractivity contribution < 1.29 is 4.79 Å². The molecule has 1 aliphatic heterocycles. The van der Waals surface area contributed by atoms with E-state index in [1.54, 1.807) is 4.68 Å². The summed E-state index contributed by atoms with van der Waals surface area (Å²) >= 11 is 0. The third-order valence-corrected chi connectivity index (χ3v) is 4.51. The minimum absolute atomic E-state index is 0.0240. The van der Waals surface area contributed by atoms with E-state index >= 15 is 0 Å². The van der Waals surface area contributed by atoms with E-state index in [-0.39, 0.29) is 5.91 Å². The van der Waals surface area contributed by atoms with Crippen LogP contribution < -0.4 is 10.6 Å². The highest BCUT2D eigenvalue weighted by molar-refractivity contribution is 5.94. The normalized spacial score (nSPS) is 15.6. The number of nitrogens with zero attached hydrogens (tertiary/aromatic N) is 2. The zero-order valence-electron chi connectivity index (χ0n) is 13.8. The number of carbonyl (C=O) groups excluding carboxylic acids is 1. The zero-order chi connectivity index (χ0) is 16.2. The summed E-state index contributed by atoms with van der Waals surface area (Å²) in [4.78, 5) is 12.4. The summed E-state index contributed by atoms with van der Waals surface area (Å²) in [5, 5.41) is 10.7. The lowest BCUT2D eigenvalue weighted by atomic mass is 9.89. The summed E-state index contributed by atoms with van der Waals surface area (Å²) in [5.74, 6) is 0.536. The molecular weight excluding hydrogens is 288 g/mol. The minimum atomic E-state index is -0.0240. The Morgan fingerprint density at radius 1 is 1.39 bits per heavy atom. The SMILES string of the molecule is Cc1nn(C)cc1CNC(=O)c1cccc(C2CCNCC2)c1. The molecule has 2 N–H and O–H groups in total. The van der Waals surface area contributed by atoms with E-state index in [1.807, 2.05) is 38.4 Å². The number of benzene rings is 1. The summed E-state index contributed by atoms with van der Waals surface area (Å²) in [6.45, 7) is 4.58. The lowest BCUT2D eigenvalue weighted by Gasteiger charge is -2.23. The number of carbonyl (C=O) groups is 1. The van der Waals surface area contributed by atoms with Crippen molar-refractivity contribution in [2.75, 3.05) is 13.1 Å². The van der Waals surface area contributed by atoms with Crippen molar-refractivity contribution in [1.82, 2.24) is 20.4 Å². The van der Waals surface area contributed by atoms with E-state index in [2.05, 4.69) is 21.8 Å². The van der Waals surface area contributed by atoms with Gasteiger partial charge in [0.05, 0.1) is 5.69 Å². The van der Waals surface area contributed by atoms with E-state index in [9.17, 15) is 4.79 Å². The number of piperidine rings is 1. The molecule has 0 radical (unpaired) electrons. The Bertz CT molecular complexity index is 686. The molecular formula is C18H24N4O. The van der Waals surface area contributed by atoms with Crippen molar-refractivity contribution in [2.45, 2.75) is 32.2 Å². The van der Waals surface area contributed by atoms with Crippen LogP contribution in [-0.2, 0) is 13.6 Å². The van der Waals surface area contributed by atoms with E-state index in [0.717, 1.165) is 42.8 Å². The van der Waals surface area contributed by atoms with Crippen LogP contribution in [0.4, 0.5) is 0 Å². The van der Waals surface area contributed by atoms with Gasteiger partial charge in [-0.1, -0.05) is 12.1 Å². The predicted molar refractivity (Wildman–Crippen MR) is 90.4 cm³/mol. The number of aryl methyl sites for hydroxylation is 2. The Kier molecular flexibility index (Phi) is 4.76. The van der Waals surface area contributed by atoms with Gasteiger partial charge in [0.15, 0.2) is 0 Å². The molecule has 1 fully saturated rings. The Labute approximate surface area is 137 Å². The molecule has 0 saturated carbocycles. The molecule has 0 unspecified atom stereocenters. The molecule has 23 heavy (non-hydrogen) atoms. The number of hydrogen-bond donors (Lipinski definition) is 2. The number of hydrogen-bond acceptors (Lipinski definition) is 3. The molecule has 5 nitrogen and oxygen atoms in total. The van der Waals surface area contributed by atoms with Gasteiger partial charge in [0.2, 0.25) is 0 Å². The van der Waals surface area contributed by atoms with E-state index in [4.69, 9.17) is 0 Å². The molecule has 0 bridgehead atoms. The van der Waals surface area contributed by atoms with Crippen LogP contribution >= 0.6 is 0 Å². The van der Waals surface area contributed by atoms with Crippen LogP contribution in [-0.4, -0.2) is 28.8 Å². The fraction of sp³-hybridized carbons (Fsp3) is 0.444. The molecule has 3 rings (SSSR count). The van der Waals surface area contributed by atoms with Crippen LogP contribution in [0.25, 0.3) is 0 Å². The van der Waals surface area contributed by atoms with Crippen molar-refractivity contribution in [3.8, 4) is 0 Å². The van der Waals surface area contributed by atoms with Gasteiger partial charge >= 0.3 is 0 Å². The standard InChI is InChI=1S/C18H24N4O/c1-13-17(12-22(2)21-13)11-20-18(23)16-5-3-4-15(10-16)14-6-8-19-9-7-14/h3-5,10,12,14,19H,6-9,11H2,1-2H3,(H,20,23). The average Bonchev–Trinajstić information content (AvgIpc) is 2.91. The number of nitrogens with one attached hydrogen (secondary N) is 2. The van der Waals surface area contributed by atoms with Crippen molar-refractivity contribution in [3.05, 3.63) is 52.8 Å². The summed E-state index contributed by atoms with van der Waals surface area (Å²) in [6.07, 6.45) is 4.22. The van der Waals surface area contributed by atoms with Crippen LogP contribution in [0.15, 0.2) is 30.5 Å². The third-order valence-electron chi connectivity index (χ3n) is 4.51. The highest BCUT2D eigenvalue weighted by Gasteiger charge is 2.16. The van der Waals surface area contributed by atoms with Crippen molar-refractivity contribution >= 4 is 5.91 Å². The first-order valence-electron chi connectivity index (χ1n) is 8.21. The number of aromatic nitrogens is 2. The van der Waals surface area contributed by atoms with E-state index < -0.39 is 0 Å². The first-order chi connectivity index (χ1) is 11.1. The van der Waals surface area contributed by atoms with Gasteiger partial charge in [0, 0.05) is 30.9 Å². The molecule has 122 valence electrons. The van der Waals surface area contributed by atoms with Crippen LogP contribution in [0.2, 0.25) is 0 Å². The largest absolute Gasteiger partial charge is 0.348 e. The maximum Gasteiger partial charge on any atom is 0.251 e. The molecule has 1 aliphatic rings. The first kappa shape index (κ1) is 15.7. The topological polar surface area (TPSA) is 59.0 Å². The van der Waals surface area contributed by atoms with Gasteiger partial charge in [0.25, 0.3) is 5.91 Å². The molecule has 0 spiro atoms. The second-order valence-electron chi connectivity index (χ2n) is 6.25. The molecule has 1 aromatic heterocycles. The molecule has 2 aromatic rings. The van der Waals surface area contributed by atoms with Gasteiger partial charge in [0.1, 0.15) is 0 Å². The molecule has 1 amide bonds. The highest BCUT2D eigenvalue weighted by Crippen LogP contribution is 2.25. The van der Waals surface area contributed by atoms with Gasteiger partial charge in [-0.25, -0.2) is 0 Å². The van der Waals surface area contributed by atoms with Crippen molar-refractivity contribution in [1.29, 1.82) is 0 Å². The van der Waals surface area contributed by atoms with Crippen LogP contribution in [0, 0.1) is 6.92 Å². The minimum Gasteiger partial charge on any atom is -0.348 e. The molecule has 1 saturated heterocycles. The van der Waals surface area contributed by atoms with Gasteiger partial charge < -0.3 is 10.6 Å². The van der Waals surface area contributed by atoms with Crippen LogP contribution in [0.1, 0.15) is 45.9 Å². The summed E-state index contributed by atoms with van der Waals surface area (Å²) < 4.78 is 1.77. The van der Waals surface area contributed by atoms with Crippen LogP contribution in [0.3, 0.4) is 0 Å². The van der Waals surface area contributed by atoms with Crippen molar-refractivity contribution in [3.63, 3.8) is 0 Å². The van der Waals surface area contributed by atoms with Crippen LogP contribution in [0.5, 0.6) is 0 Å². The van der Waals surface area contributed by atoms with E-state index in [1.165, 1.54) is 5.56 Å². The van der Waals surface area contributed by atoms with Crippen molar-refractivity contribution in [2.24, 2.45) is 7.05 Å².